The zero-order valence-electron chi connectivity index (χ0n) is 18.2. The van der Waals surface area contributed by atoms with Gasteiger partial charge in [0, 0.05) is 43.1 Å². The van der Waals surface area contributed by atoms with Crippen LogP contribution in [0.1, 0.15) is 36.0 Å². The van der Waals surface area contributed by atoms with Gasteiger partial charge in [-0.25, -0.2) is 0 Å². The Bertz CT molecular complexity index is 983. The number of Topliss-reactive ketones (excluding diaryl/α,β-unsaturated/α-hetero) is 1. The van der Waals surface area contributed by atoms with Gasteiger partial charge in [-0.1, -0.05) is 91.0 Å². The Hall–Kier alpha value is -2.79. The second kappa shape index (κ2) is 9.37. The highest BCUT2D eigenvalue weighted by molar-refractivity contribution is 5.80. The molecule has 2 fully saturated rings. The van der Waals surface area contributed by atoms with Crippen molar-refractivity contribution in [1.82, 2.24) is 4.90 Å². The Morgan fingerprint density at radius 2 is 1.44 bits per heavy atom. The van der Waals surface area contributed by atoms with Crippen LogP contribution in [0.25, 0.3) is 0 Å². The number of ether oxygens (including phenoxy) is 2. The molecule has 3 aromatic rings. The van der Waals surface area contributed by atoms with Crippen molar-refractivity contribution >= 4 is 5.78 Å². The van der Waals surface area contributed by atoms with Crippen LogP contribution in [-0.4, -0.2) is 36.0 Å². The highest BCUT2D eigenvalue weighted by Crippen LogP contribution is 2.42. The SMILES string of the molecule is O=C1CCN(Cc2ccccc2)[C@@H](C[C@H]2COC(c3ccccc3)(c3ccccc3)O2)C1. The van der Waals surface area contributed by atoms with Gasteiger partial charge in [-0.2, -0.15) is 0 Å². The van der Waals surface area contributed by atoms with Gasteiger partial charge in [0.1, 0.15) is 5.78 Å². The standard InChI is InChI=1S/C28H29NO3/c30-26-16-17-29(20-22-10-4-1-5-11-22)25(18-26)19-27-21-31-28(32-27,23-12-6-2-7-13-23)24-14-8-3-9-15-24/h1-15,25,27H,16-21H2/t25-,27+/m1/s1. The van der Waals surface area contributed by atoms with Gasteiger partial charge in [-0.15, -0.1) is 0 Å². The lowest BCUT2D eigenvalue weighted by molar-refractivity contribution is -0.145. The molecule has 0 radical (unpaired) electrons. The molecule has 0 unspecified atom stereocenters. The molecule has 0 amide bonds. The van der Waals surface area contributed by atoms with E-state index in [0.29, 0.717) is 25.2 Å². The number of piperidine rings is 1. The molecule has 0 aromatic heterocycles. The van der Waals surface area contributed by atoms with Crippen molar-refractivity contribution in [2.24, 2.45) is 0 Å². The molecule has 0 spiro atoms. The Labute approximate surface area is 189 Å². The molecule has 2 aliphatic heterocycles. The van der Waals surface area contributed by atoms with Gasteiger partial charge >= 0.3 is 0 Å². The lowest BCUT2D eigenvalue weighted by atomic mass is 9.95. The van der Waals surface area contributed by atoms with Gasteiger partial charge in [-0.05, 0) is 12.0 Å². The van der Waals surface area contributed by atoms with Crippen LogP contribution in [0.5, 0.6) is 0 Å². The maximum absolute atomic E-state index is 12.3. The number of carbonyl (C=O) groups is 1. The van der Waals surface area contributed by atoms with Gasteiger partial charge in [0.25, 0.3) is 0 Å². The Kier molecular flexibility index (Phi) is 6.17. The third-order valence-corrected chi connectivity index (χ3v) is 6.53. The molecule has 2 saturated heterocycles. The summed E-state index contributed by atoms with van der Waals surface area (Å²) in [6.45, 7) is 2.16. The fraction of sp³-hybridized carbons (Fsp3) is 0.321. The molecule has 2 atom stereocenters. The minimum Gasteiger partial charge on any atom is -0.339 e. The van der Waals surface area contributed by atoms with E-state index in [1.807, 2.05) is 42.5 Å². The summed E-state index contributed by atoms with van der Waals surface area (Å²) in [5, 5.41) is 0. The van der Waals surface area contributed by atoms with E-state index in [-0.39, 0.29) is 12.1 Å². The van der Waals surface area contributed by atoms with E-state index in [9.17, 15) is 4.79 Å². The number of ketones is 1. The quantitative estimate of drug-likeness (QED) is 0.559. The summed E-state index contributed by atoms with van der Waals surface area (Å²) in [5.74, 6) is -0.563. The summed E-state index contributed by atoms with van der Waals surface area (Å²) < 4.78 is 13.1. The number of hydrogen-bond acceptors (Lipinski definition) is 4. The van der Waals surface area contributed by atoms with E-state index in [1.54, 1.807) is 0 Å². The molecule has 0 aliphatic carbocycles. The van der Waals surface area contributed by atoms with Crippen molar-refractivity contribution in [3.05, 3.63) is 108 Å². The number of nitrogens with zero attached hydrogens (tertiary/aromatic N) is 1. The topological polar surface area (TPSA) is 38.8 Å². The second-order valence-electron chi connectivity index (χ2n) is 8.74. The van der Waals surface area contributed by atoms with Crippen LogP contribution in [-0.2, 0) is 26.6 Å². The Balaban J connectivity index is 1.36. The van der Waals surface area contributed by atoms with Crippen molar-refractivity contribution in [3.63, 3.8) is 0 Å². The number of carbonyl (C=O) groups excluding carboxylic acids is 1. The molecule has 0 N–H and O–H groups in total. The number of rotatable bonds is 6. The Morgan fingerprint density at radius 1 is 0.844 bits per heavy atom. The van der Waals surface area contributed by atoms with Crippen molar-refractivity contribution in [2.45, 2.75) is 43.7 Å². The monoisotopic (exact) mass is 427 g/mol. The lowest BCUT2D eigenvalue weighted by Gasteiger charge is -2.36. The first-order chi connectivity index (χ1) is 15.7. The maximum Gasteiger partial charge on any atom is 0.222 e. The van der Waals surface area contributed by atoms with E-state index < -0.39 is 5.79 Å². The largest absolute Gasteiger partial charge is 0.339 e. The minimum atomic E-state index is -0.907. The van der Waals surface area contributed by atoms with Gasteiger partial charge < -0.3 is 9.47 Å². The van der Waals surface area contributed by atoms with Crippen LogP contribution < -0.4 is 0 Å². The molecule has 164 valence electrons. The highest BCUT2D eigenvalue weighted by Gasteiger charge is 2.46. The zero-order chi connectivity index (χ0) is 21.8. The third-order valence-electron chi connectivity index (χ3n) is 6.53. The molecule has 0 saturated carbocycles. The predicted molar refractivity (Wildman–Crippen MR) is 124 cm³/mol. The molecule has 32 heavy (non-hydrogen) atoms. The summed E-state index contributed by atoms with van der Waals surface area (Å²) in [5.41, 5.74) is 3.27. The smallest absolute Gasteiger partial charge is 0.222 e. The molecule has 2 aliphatic rings. The summed E-state index contributed by atoms with van der Waals surface area (Å²) in [6.07, 6.45) is 1.91. The number of benzene rings is 3. The zero-order valence-corrected chi connectivity index (χ0v) is 18.2. The highest BCUT2D eigenvalue weighted by atomic mass is 16.7. The first-order valence-electron chi connectivity index (χ1n) is 11.5. The van der Waals surface area contributed by atoms with Crippen LogP contribution in [0, 0.1) is 0 Å². The predicted octanol–water partition coefficient (Wildman–Crippen LogP) is 4.93. The second-order valence-corrected chi connectivity index (χ2v) is 8.74. The van der Waals surface area contributed by atoms with Crippen LogP contribution >= 0.6 is 0 Å². The van der Waals surface area contributed by atoms with Gasteiger partial charge in [0.15, 0.2) is 0 Å². The summed E-state index contributed by atoms with van der Waals surface area (Å²) in [6, 6.07) is 30.9. The molecule has 5 rings (SSSR count). The van der Waals surface area contributed by atoms with E-state index in [2.05, 4.69) is 53.4 Å². The molecule has 3 aromatic carbocycles. The van der Waals surface area contributed by atoms with Crippen LogP contribution in [0.15, 0.2) is 91.0 Å². The van der Waals surface area contributed by atoms with Gasteiger partial charge in [0.05, 0.1) is 12.7 Å². The fourth-order valence-electron chi connectivity index (χ4n) is 4.92. The Morgan fingerprint density at radius 3 is 2.06 bits per heavy atom. The average Bonchev–Trinajstić information content (AvgIpc) is 3.28. The van der Waals surface area contributed by atoms with Crippen LogP contribution in [0.3, 0.4) is 0 Å². The van der Waals surface area contributed by atoms with Crippen LogP contribution in [0.4, 0.5) is 0 Å². The van der Waals surface area contributed by atoms with Crippen molar-refractivity contribution in [2.75, 3.05) is 13.2 Å². The molecule has 2 heterocycles. The van der Waals surface area contributed by atoms with E-state index in [0.717, 1.165) is 30.6 Å². The van der Waals surface area contributed by atoms with Crippen LogP contribution in [0.2, 0.25) is 0 Å². The van der Waals surface area contributed by atoms with Gasteiger partial charge in [-0.3, -0.25) is 9.69 Å². The lowest BCUT2D eigenvalue weighted by Crippen LogP contribution is -2.44. The third kappa shape index (κ3) is 4.40. The average molecular weight is 428 g/mol. The first-order valence-corrected chi connectivity index (χ1v) is 11.5. The molecule has 4 heteroatoms. The van der Waals surface area contributed by atoms with E-state index in [4.69, 9.17) is 9.47 Å². The minimum absolute atomic E-state index is 0.0791. The van der Waals surface area contributed by atoms with Crippen molar-refractivity contribution in [3.8, 4) is 0 Å². The maximum atomic E-state index is 12.3. The molecular formula is C28H29NO3. The number of likely N-dealkylation sites (tertiary alicyclic amines) is 1. The first kappa shape index (κ1) is 21.1. The molecule has 0 bridgehead atoms. The van der Waals surface area contributed by atoms with E-state index in [1.165, 1.54) is 5.56 Å². The summed E-state index contributed by atoms with van der Waals surface area (Å²) >= 11 is 0. The molecule has 4 nitrogen and oxygen atoms in total. The molecular weight excluding hydrogens is 398 g/mol. The number of hydrogen-bond donors (Lipinski definition) is 0. The summed E-state index contributed by atoms with van der Waals surface area (Å²) in [7, 11) is 0. The fourth-order valence-corrected chi connectivity index (χ4v) is 4.92. The normalized spacial score (nSPS) is 23.3. The van der Waals surface area contributed by atoms with Gasteiger partial charge in [0.2, 0.25) is 5.79 Å². The van der Waals surface area contributed by atoms with Crippen molar-refractivity contribution in [1.29, 1.82) is 0 Å². The van der Waals surface area contributed by atoms with E-state index >= 15 is 0 Å². The van der Waals surface area contributed by atoms with Crippen molar-refractivity contribution < 1.29 is 14.3 Å². The summed E-state index contributed by atoms with van der Waals surface area (Å²) in [4.78, 5) is 14.8.